The van der Waals surface area contributed by atoms with Crippen molar-refractivity contribution >= 4 is 0 Å². The molecule has 1 aromatic heterocycles. The second kappa shape index (κ2) is 12.0. The topological polar surface area (TPSA) is 51.2 Å². The number of hydrazine groups is 1. The maximum atomic E-state index is 5.62. The van der Waals surface area contributed by atoms with Gasteiger partial charge in [-0.3, -0.25) is 11.3 Å². The largest absolute Gasteiger partial charge is 0.472 e. The lowest BCUT2D eigenvalue weighted by atomic mass is 10.0. The van der Waals surface area contributed by atoms with Gasteiger partial charge in [0.1, 0.15) is 0 Å². The van der Waals surface area contributed by atoms with Crippen LogP contribution in [0, 0.1) is 0 Å². The molecule has 0 radical (unpaired) electrons. The number of rotatable bonds is 13. The highest BCUT2D eigenvalue weighted by atomic mass is 16.3. The highest BCUT2D eigenvalue weighted by Crippen LogP contribution is 2.13. The lowest BCUT2D eigenvalue weighted by Crippen LogP contribution is -2.36. The first-order valence-corrected chi connectivity index (χ1v) is 8.34. The molecule has 0 aliphatic heterocycles. The van der Waals surface area contributed by atoms with Crippen LogP contribution in [-0.4, -0.2) is 6.04 Å². The average Bonchev–Trinajstić information content (AvgIpc) is 2.97. The normalized spacial score (nSPS) is 12.7. The summed E-state index contributed by atoms with van der Waals surface area (Å²) in [6, 6.07) is 2.39. The Kier molecular flexibility index (Phi) is 10.3. The van der Waals surface area contributed by atoms with E-state index in [0.29, 0.717) is 6.04 Å². The zero-order valence-electron chi connectivity index (χ0n) is 13.1. The molecule has 1 unspecified atom stereocenters. The summed E-state index contributed by atoms with van der Waals surface area (Å²) in [7, 11) is 0. The second-order valence-electron chi connectivity index (χ2n) is 5.82. The van der Waals surface area contributed by atoms with Crippen molar-refractivity contribution < 1.29 is 4.42 Å². The van der Waals surface area contributed by atoms with E-state index in [1.807, 2.05) is 6.07 Å². The number of furan rings is 1. The van der Waals surface area contributed by atoms with Gasteiger partial charge < -0.3 is 4.42 Å². The molecule has 1 atom stereocenters. The molecule has 116 valence electrons. The van der Waals surface area contributed by atoms with Crippen LogP contribution >= 0.6 is 0 Å². The third-order valence-electron chi connectivity index (χ3n) is 3.95. The molecule has 0 aromatic carbocycles. The van der Waals surface area contributed by atoms with E-state index in [2.05, 4.69) is 12.3 Å². The molecule has 1 aromatic rings. The van der Waals surface area contributed by atoms with E-state index in [9.17, 15) is 0 Å². The van der Waals surface area contributed by atoms with Gasteiger partial charge >= 0.3 is 0 Å². The zero-order chi connectivity index (χ0) is 14.5. The Hall–Kier alpha value is -0.800. The maximum Gasteiger partial charge on any atom is 0.0935 e. The fourth-order valence-electron chi connectivity index (χ4n) is 2.64. The summed E-state index contributed by atoms with van der Waals surface area (Å²) in [5, 5.41) is 0. The Bertz CT molecular complexity index is 298. The van der Waals surface area contributed by atoms with E-state index < -0.39 is 0 Å². The van der Waals surface area contributed by atoms with Crippen LogP contribution in [0.4, 0.5) is 0 Å². The number of nitrogens with one attached hydrogen (secondary N) is 1. The Balaban J connectivity index is 1.93. The molecular weight excluding hydrogens is 248 g/mol. The van der Waals surface area contributed by atoms with Crippen LogP contribution in [0.1, 0.15) is 76.7 Å². The minimum Gasteiger partial charge on any atom is -0.472 e. The average molecular weight is 280 g/mol. The van der Waals surface area contributed by atoms with Gasteiger partial charge in [0.2, 0.25) is 0 Å². The van der Waals surface area contributed by atoms with Crippen molar-refractivity contribution in [3.63, 3.8) is 0 Å². The van der Waals surface area contributed by atoms with Gasteiger partial charge in [-0.25, -0.2) is 0 Å². The third-order valence-corrected chi connectivity index (χ3v) is 3.95. The van der Waals surface area contributed by atoms with E-state index in [4.69, 9.17) is 10.3 Å². The van der Waals surface area contributed by atoms with Crippen molar-refractivity contribution in [1.82, 2.24) is 5.43 Å². The maximum absolute atomic E-state index is 5.62. The number of unbranched alkanes of at least 4 members (excludes halogenated alkanes) is 8. The third kappa shape index (κ3) is 8.39. The summed E-state index contributed by atoms with van der Waals surface area (Å²) in [6.07, 6.45) is 18.0. The van der Waals surface area contributed by atoms with Crippen LogP contribution in [0.15, 0.2) is 23.0 Å². The van der Waals surface area contributed by atoms with Crippen molar-refractivity contribution in [3.05, 3.63) is 24.2 Å². The van der Waals surface area contributed by atoms with Crippen molar-refractivity contribution in [2.45, 2.75) is 83.6 Å². The predicted octanol–water partition coefficient (Wildman–Crippen LogP) is 4.57. The lowest BCUT2D eigenvalue weighted by molar-refractivity contribution is 0.455. The Morgan fingerprint density at radius 1 is 1.05 bits per heavy atom. The van der Waals surface area contributed by atoms with Crippen LogP contribution in [-0.2, 0) is 6.42 Å². The SMILES string of the molecule is CCCCCCCCCCCC(Cc1ccoc1)NN. The van der Waals surface area contributed by atoms with Crippen LogP contribution < -0.4 is 11.3 Å². The van der Waals surface area contributed by atoms with Gasteiger partial charge in [0, 0.05) is 6.04 Å². The first-order chi connectivity index (χ1) is 9.86. The molecule has 3 heteroatoms. The van der Waals surface area contributed by atoms with Gasteiger partial charge in [-0.05, 0) is 24.5 Å². The fraction of sp³-hybridized carbons (Fsp3) is 0.765. The van der Waals surface area contributed by atoms with Gasteiger partial charge in [0.15, 0.2) is 0 Å². The van der Waals surface area contributed by atoms with Crippen molar-refractivity contribution in [2.75, 3.05) is 0 Å². The summed E-state index contributed by atoms with van der Waals surface area (Å²) in [5.74, 6) is 5.62. The molecular formula is C17H32N2O. The van der Waals surface area contributed by atoms with Crippen molar-refractivity contribution in [3.8, 4) is 0 Å². The minimum atomic E-state index is 0.372. The zero-order valence-corrected chi connectivity index (χ0v) is 13.1. The Labute approximate surface area is 124 Å². The van der Waals surface area contributed by atoms with Crippen molar-refractivity contribution in [2.24, 2.45) is 5.84 Å². The number of nitrogens with two attached hydrogens (primary N) is 1. The van der Waals surface area contributed by atoms with Crippen LogP contribution in [0.5, 0.6) is 0 Å². The molecule has 0 spiro atoms. The summed E-state index contributed by atoms with van der Waals surface area (Å²) >= 11 is 0. The molecule has 0 amide bonds. The lowest BCUT2D eigenvalue weighted by Gasteiger charge is -2.14. The molecule has 1 heterocycles. The number of hydrogen-bond acceptors (Lipinski definition) is 3. The van der Waals surface area contributed by atoms with E-state index in [1.54, 1.807) is 12.5 Å². The van der Waals surface area contributed by atoms with Gasteiger partial charge in [0.05, 0.1) is 12.5 Å². The fourth-order valence-corrected chi connectivity index (χ4v) is 2.64. The smallest absolute Gasteiger partial charge is 0.0935 e. The quantitative estimate of drug-likeness (QED) is 0.316. The highest BCUT2D eigenvalue weighted by molar-refractivity contribution is 5.07. The summed E-state index contributed by atoms with van der Waals surface area (Å²) in [4.78, 5) is 0. The summed E-state index contributed by atoms with van der Waals surface area (Å²) in [6.45, 7) is 2.27. The molecule has 0 aliphatic carbocycles. The monoisotopic (exact) mass is 280 g/mol. The number of hydrogen-bond donors (Lipinski definition) is 2. The van der Waals surface area contributed by atoms with Crippen molar-refractivity contribution in [1.29, 1.82) is 0 Å². The van der Waals surface area contributed by atoms with Crippen LogP contribution in [0.3, 0.4) is 0 Å². The Morgan fingerprint density at radius 2 is 1.70 bits per heavy atom. The van der Waals surface area contributed by atoms with E-state index in [1.165, 1.54) is 63.4 Å². The van der Waals surface area contributed by atoms with Gasteiger partial charge in [-0.2, -0.15) is 0 Å². The molecule has 0 saturated heterocycles. The van der Waals surface area contributed by atoms with Gasteiger partial charge in [0.25, 0.3) is 0 Å². The second-order valence-corrected chi connectivity index (χ2v) is 5.82. The van der Waals surface area contributed by atoms with E-state index >= 15 is 0 Å². The molecule has 1 rings (SSSR count). The highest BCUT2D eigenvalue weighted by Gasteiger charge is 2.08. The minimum absolute atomic E-state index is 0.372. The summed E-state index contributed by atoms with van der Waals surface area (Å²) < 4.78 is 5.09. The molecule has 0 fully saturated rings. The Morgan fingerprint density at radius 3 is 2.25 bits per heavy atom. The molecule has 0 bridgehead atoms. The van der Waals surface area contributed by atoms with Gasteiger partial charge in [-0.1, -0.05) is 64.7 Å². The molecule has 0 saturated carbocycles. The van der Waals surface area contributed by atoms with E-state index in [-0.39, 0.29) is 0 Å². The summed E-state index contributed by atoms with van der Waals surface area (Å²) in [5.41, 5.74) is 4.15. The molecule has 3 N–H and O–H groups in total. The first-order valence-electron chi connectivity index (χ1n) is 8.34. The molecule has 3 nitrogen and oxygen atoms in total. The first kappa shape index (κ1) is 17.3. The van der Waals surface area contributed by atoms with Crippen LogP contribution in [0.2, 0.25) is 0 Å². The standard InChI is InChI=1S/C17H32N2O/c1-2-3-4-5-6-7-8-9-10-11-17(19-18)14-16-12-13-20-15-16/h12-13,15,17,19H,2-11,14,18H2,1H3. The molecule has 20 heavy (non-hydrogen) atoms. The van der Waals surface area contributed by atoms with Crippen LogP contribution in [0.25, 0.3) is 0 Å². The van der Waals surface area contributed by atoms with Gasteiger partial charge in [-0.15, -0.1) is 0 Å². The molecule has 0 aliphatic rings. The van der Waals surface area contributed by atoms with E-state index in [0.717, 1.165) is 12.8 Å². The predicted molar refractivity (Wildman–Crippen MR) is 85.4 cm³/mol.